The van der Waals surface area contributed by atoms with Crippen molar-refractivity contribution in [1.82, 2.24) is 0 Å². The maximum absolute atomic E-state index is 9.27. The van der Waals surface area contributed by atoms with Crippen LogP contribution in [0.2, 0.25) is 0 Å². The van der Waals surface area contributed by atoms with Crippen LogP contribution in [0.5, 0.6) is 0 Å². The Morgan fingerprint density at radius 3 is 2.69 bits per heavy atom. The third kappa shape index (κ3) is 1.48. The van der Waals surface area contributed by atoms with Gasteiger partial charge in [-0.05, 0) is 13.8 Å². The SMILES string of the molecule is [2H]C([2H])(O)[C@H]1O[C@@H]2OC(C)(C)O[C@@H]2[C@H]1C. The van der Waals surface area contributed by atoms with Crippen molar-refractivity contribution in [3.8, 4) is 0 Å². The Balaban J connectivity index is 2.12. The average Bonchev–Trinajstić information content (AvgIpc) is 2.45. The van der Waals surface area contributed by atoms with Gasteiger partial charge in [0.25, 0.3) is 0 Å². The fourth-order valence-corrected chi connectivity index (χ4v) is 1.81. The molecule has 2 aliphatic heterocycles. The van der Waals surface area contributed by atoms with Gasteiger partial charge in [0.15, 0.2) is 12.1 Å². The van der Waals surface area contributed by atoms with E-state index in [9.17, 15) is 5.11 Å². The first kappa shape index (κ1) is 7.17. The lowest BCUT2D eigenvalue weighted by molar-refractivity contribution is -0.212. The highest BCUT2D eigenvalue weighted by atomic mass is 16.8. The summed E-state index contributed by atoms with van der Waals surface area (Å²) in [6.45, 7) is 2.99. The van der Waals surface area contributed by atoms with Crippen molar-refractivity contribution in [3.05, 3.63) is 0 Å². The van der Waals surface area contributed by atoms with E-state index >= 15 is 0 Å². The summed E-state index contributed by atoms with van der Waals surface area (Å²) in [5.41, 5.74) is 0. The van der Waals surface area contributed by atoms with E-state index in [0.29, 0.717) is 0 Å². The van der Waals surface area contributed by atoms with Gasteiger partial charge in [-0.2, -0.15) is 0 Å². The van der Waals surface area contributed by atoms with E-state index in [1.165, 1.54) is 0 Å². The first-order chi connectivity index (χ1) is 6.71. The molecular formula is C9H16O4. The Hall–Kier alpha value is -0.160. The average molecular weight is 190 g/mol. The van der Waals surface area contributed by atoms with Crippen molar-refractivity contribution in [2.75, 3.05) is 6.56 Å². The van der Waals surface area contributed by atoms with E-state index in [-0.39, 0.29) is 12.0 Å². The molecule has 13 heavy (non-hydrogen) atoms. The predicted octanol–water partition coefficient (Wildman–Crippen LogP) is 0.491. The fourth-order valence-electron chi connectivity index (χ4n) is 1.81. The van der Waals surface area contributed by atoms with E-state index in [1.54, 1.807) is 20.8 Å². The summed E-state index contributed by atoms with van der Waals surface area (Å²) in [7, 11) is 0. The molecule has 0 saturated carbocycles. The second-order valence-electron chi connectivity index (χ2n) is 4.01. The number of fused-ring (bicyclic) bond motifs is 1. The van der Waals surface area contributed by atoms with Gasteiger partial charge >= 0.3 is 0 Å². The van der Waals surface area contributed by atoms with Crippen LogP contribution in [0.25, 0.3) is 0 Å². The van der Waals surface area contributed by atoms with Crippen LogP contribution in [-0.2, 0) is 14.2 Å². The van der Waals surface area contributed by atoms with Crippen LogP contribution in [0.1, 0.15) is 23.5 Å². The lowest BCUT2D eigenvalue weighted by Crippen LogP contribution is -2.30. The molecular weight excluding hydrogens is 172 g/mol. The van der Waals surface area contributed by atoms with Crippen molar-refractivity contribution in [2.45, 2.75) is 45.1 Å². The summed E-state index contributed by atoms with van der Waals surface area (Å²) in [5.74, 6) is -0.937. The molecule has 0 bridgehead atoms. The van der Waals surface area contributed by atoms with Gasteiger partial charge in [-0.25, -0.2) is 0 Å². The highest BCUT2D eigenvalue weighted by molar-refractivity contribution is 4.90. The maximum atomic E-state index is 9.27. The molecule has 0 spiro atoms. The number of rotatable bonds is 1. The summed E-state index contributed by atoms with van der Waals surface area (Å²) in [4.78, 5) is 0. The number of ether oxygens (including phenoxy) is 3. The van der Waals surface area contributed by atoms with E-state index in [1.807, 2.05) is 0 Å². The van der Waals surface area contributed by atoms with Gasteiger partial charge < -0.3 is 19.3 Å². The van der Waals surface area contributed by atoms with E-state index in [0.717, 1.165) is 0 Å². The van der Waals surface area contributed by atoms with Crippen LogP contribution in [0, 0.1) is 5.92 Å². The zero-order valence-electron chi connectivity index (χ0n) is 9.98. The molecule has 0 aromatic heterocycles. The lowest BCUT2D eigenvalue weighted by Gasteiger charge is -2.22. The summed E-state index contributed by atoms with van der Waals surface area (Å²) >= 11 is 0. The van der Waals surface area contributed by atoms with Gasteiger partial charge in [-0.1, -0.05) is 6.92 Å². The van der Waals surface area contributed by atoms with E-state index < -0.39 is 24.7 Å². The molecule has 2 fully saturated rings. The summed E-state index contributed by atoms with van der Waals surface area (Å²) < 4.78 is 30.8. The fraction of sp³-hybridized carbons (Fsp3) is 1.00. The third-order valence-electron chi connectivity index (χ3n) is 2.49. The molecule has 2 heterocycles. The maximum Gasteiger partial charge on any atom is 0.187 e. The zero-order valence-corrected chi connectivity index (χ0v) is 7.98. The van der Waals surface area contributed by atoms with Crippen LogP contribution in [0.15, 0.2) is 0 Å². The van der Waals surface area contributed by atoms with Crippen molar-refractivity contribution < 1.29 is 22.1 Å². The second kappa shape index (κ2) is 2.92. The Labute approximate surface area is 80.6 Å². The highest BCUT2D eigenvalue weighted by Gasteiger charge is 2.52. The van der Waals surface area contributed by atoms with Crippen LogP contribution in [0.4, 0.5) is 0 Å². The quantitative estimate of drug-likeness (QED) is 0.653. The second-order valence-corrected chi connectivity index (χ2v) is 4.01. The Morgan fingerprint density at radius 1 is 1.46 bits per heavy atom. The van der Waals surface area contributed by atoms with Gasteiger partial charge in [-0.3, -0.25) is 0 Å². The van der Waals surface area contributed by atoms with Crippen molar-refractivity contribution >= 4 is 0 Å². The van der Waals surface area contributed by atoms with Gasteiger partial charge in [0.05, 0.1) is 15.4 Å². The number of aliphatic hydroxyl groups is 1. The molecule has 4 atom stereocenters. The van der Waals surface area contributed by atoms with Gasteiger partial charge in [0, 0.05) is 5.92 Å². The summed E-state index contributed by atoms with van der Waals surface area (Å²) in [6, 6.07) is 0. The van der Waals surface area contributed by atoms with Crippen LogP contribution in [-0.4, -0.2) is 36.0 Å². The van der Waals surface area contributed by atoms with Crippen LogP contribution >= 0.6 is 0 Å². The molecule has 2 saturated heterocycles. The van der Waals surface area contributed by atoms with Gasteiger partial charge in [-0.15, -0.1) is 0 Å². The van der Waals surface area contributed by atoms with Crippen LogP contribution < -0.4 is 0 Å². The molecule has 4 nitrogen and oxygen atoms in total. The normalized spacial score (nSPS) is 51.4. The van der Waals surface area contributed by atoms with Gasteiger partial charge in [0.2, 0.25) is 0 Å². The topological polar surface area (TPSA) is 47.9 Å². The minimum absolute atomic E-state index is 0.239. The molecule has 0 aliphatic carbocycles. The van der Waals surface area contributed by atoms with Gasteiger partial charge in [0.1, 0.15) is 6.10 Å². The minimum atomic E-state index is -2.36. The Morgan fingerprint density at radius 2 is 2.15 bits per heavy atom. The Bertz CT molecular complexity index is 263. The molecule has 2 aliphatic rings. The molecule has 0 aromatic carbocycles. The third-order valence-corrected chi connectivity index (χ3v) is 2.49. The molecule has 0 radical (unpaired) electrons. The van der Waals surface area contributed by atoms with Crippen molar-refractivity contribution in [1.29, 1.82) is 0 Å². The Kier molecular flexibility index (Phi) is 1.61. The molecule has 0 amide bonds. The standard InChI is InChI=1S/C9H16O4/c1-5-6(4-10)11-8-7(5)12-9(2,3)13-8/h5-8,10H,4H2,1-3H3/t5-,6+,7+,8+/m0/s1/i4D2. The van der Waals surface area contributed by atoms with Crippen molar-refractivity contribution in [3.63, 3.8) is 0 Å². The molecule has 0 unspecified atom stereocenters. The van der Waals surface area contributed by atoms with E-state index in [4.69, 9.17) is 17.0 Å². The van der Waals surface area contributed by atoms with Crippen molar-refractivity contribution in [2.24, 2.45) is 5.92 Å². The predicted molar refractivity (Wildman–Crippen MR) is 44.9 cm³/mol. The first-order valence-corrected chi connectivity index (χ1v) is 4.44. The summed E-state index contributed by atoms with van der Waals surface area (Å²) in [6.07, 6.45) is -1.79. The highest BCUT2D eigenvalue weighted by Crippen LogP contribution is 2.40. The molecule has 0 aromatic rings. The first-order valence-electron chi connectivity index (χ1n) is 5.44. The molecule has 76 valence electrons. The summed E-state index contributed by atoms with van der Waals surface area (Å²) in [5, 5.41) is 9.27. The number of hydrogen-bond donors (Lipinski definition) is 1. The van der Waals surface area contributed by atoms with E-state index in [2.05, 4.69) is 0 Å². The smallest absolute Gasteiger partial charge is 0.187 e. The lowest BCUT2D eigenvalue weighted by atomic mass is 10.0. The molecule has 2 rings (SSSR count). The molecule has 1 N–H and O–H groups in total. The van der Waals surface area contributed by atoms with Crippen LogP contribution in [0.3, 0.4) is 0 Å². The zero-order chi connectivity index (χ0) is 11.4. The number of hydrogen-bond acceptors (Lipinski definition) is 4. The monoisotopic (exact) mass is 190 g/mol. The molecule has 4 heteroatoms. The minimum Gasteiger partial charge on any atom is -0.394 e. The largest absolute Gasteiger partial charge is 0.394 e.